The first-order chi connectivity index (χ1) is 13.7. The van der Waals surface area contributed by atoms with Crippen LogP contribution < -0.4 is 0 Å². The maximum Gasteiger partial charge on any atom is 0.283 e. The molecule has 0 saturated carbocycles. The van der Waals surface area contributed by atoms with Crippen molar-refractivity contribution >= 4 is 27.9 Å². The van der Waals surface area contributed by atoms with E-state index < -0.39 is 38.6 Å². The summed E-state index contributed by atoms with van der Waals surface area (Å²) in [5.41, 5.74) is -0.571. The molecule has 0 N–H and O–H groups in total. The van der Waals surface area contributed by atoms with Crippen LogP contribution in [0.5, 0.6) is 0 Å². The molecule has 1 aromatic rings. The number of ether oxygens (including phenoxy) is 1. The summed E-state index contributed by atoms with van der Waals surface area (Å²) in [5, 5.41) is 3.28. The normalized spacial score (nSPS) is 18.6. The fraction of sp³-hybridized carbons (Fsp3) is 0.889. The lowest BCUT2D eigenvalue weighted by Crippen LogP contribution is -2.50. The molecule has 0 radical (unpaired) electrons. The van der Waals surface area contributed by atoms with Crippen LogP contribution in [0, 0.1) is 0 Å². The number of nitrogens with zero attached hydrogens (tertiary/aromatic N) is 4. The van der Waals surface area contributed by atoms with Crippen molar-refractivity contribution in [3.8, 4) is 0 Å². The first-order valence-corrected chi connectivity index (χ1v) is 17.3. The Morgan fingerprint density at radius 3 is 2.37 bits per heavy atom. The molecule has 9 nitrogen and oxygen atoms in total. The molecule has 0 atom stereocenters. The monoisotopic (exact) mass is 480 g/mol. The molecule has 1 saturated heterocycles. The molecule has 0 bridgehead atoms. The van der Waals surface area contributed by atoms with Crippen molar-refractivity contribution in [2.45, 2.75) is 94.7 Å². The lowest BCUT2D eigenvalue weighted by atomic mass is 9.93. The summed E-state index contributed by atoms with van der Waals surface area (Å²) in [6, 6.07) is 0.909. The van der Waals surface area contributed by atoms with Crippen LogP contribution in [0.15, 0.2) is 10.3 Å². The highest BCUT2D eigenvalue weighted by Gasteiger charge is 2.42. The number of hydrogen-bond donors (Lipinski definition) is 0. The number of hydrogen-bond acceptors (Lipinski definition) is 7. The molecule has 1 aliphatic heterocycles. The highest BCUT2D eigenvalue weighted by atomic mass is 32.2. The Balaban J connectivity index is 2.38. The second-order valence-electron chi connectivity index (χ2n) is 9.69. The summed E-state index contributed by atoms with van der Waals surface area (Å²) in [6.45, 7) is 12.8. The maximum atomic E-state index is 13.3. The molecule has 2 heterocycles. The van der Waals surface area contributed by atoms with E-state index in [4.69, 9.17) is 4.74 Å². The van der Waals surface area contributed by atoms with Gasteiger partial charge in [0.1, 0.15) is 6.73 Å². The minimum Gasteiger partial charge on any atom is -0.359 e. The molecule has 30 heavy (non-hydrogen) atoms. The van der Waals surface area contributed by atoms with E-state index in [1.165, 1.54) is 4.31 Å². The van der Waals surface area contributed by atoms with E-state index in [1.54, 1.807) is 6.92 Å². The Hall–Kier alpha value is -0.823. The third kappa shape index (κ3) is 6.12. The predicted octanol–water partition coefficient (Wildman–Crippen LogP) is 2.73. The zero-order valence-corrected chi connectivity index (χ0v) is 21.6. The highest BCUT2D eigenvalue weighted by molar-refractivity contribution is 7.91. The Bertz CT molecular complexity index is 936. The van der Waals surface area contributed by atoms with Gasteiger partial charge in [-0.25, -0.2) is 21.5 Å². The molecule has 0 aromatic carbocycles. The Kier molecular flexibility index (Phi) is 7.93. The molecule has 0 aliphatic carbocycles. The van der Waals surface area contributed by atoms with Gasteiger partial charge in [-0.1, -0.05) is 33.0 Å². The average molecular weight is 481 g/mol. The predicted molar refractivity (Wildman–Crippen MR) is 118 cm³/mol. The fourth-order valence-corrected chi connectivity index (χ4v) is 7.29. The van der Waals surface area contributed by atoms with Gasteiger partial charge in [0.15, 0.2) is 0 Å². The summed E-state index contributed by atoms with van der Waals surface area (Å²) in [6.07, 6.45) is 2.83. The van der Waals surface area contributed by atoms with E-state index in [-0.39, 0.29) is 17.6 Å². The van der Waals surface area contributed by atoms with Gasteiger partial charge in [0.05, 0.1) is 5.75 Å². The van der Waals surface area contributed by atoms with Crippen LogP contribution in [0.3, 0.4) is 0 Å². The molecule has 0 spiro atoms. The molecule has 0 unspecified atom stereocenters. The van der Waals surface area contributed by atoms with E-state index in [2.05, 4.69) is 29.7 Å². The van der Waals surface area contributed by atoms with E-state index >= 15 is 0 Å². The van der Waals surface area contributed by atoms with Crippen molar-refractivity contribution < 1.29 is 21.6 Å². The van der Waals surface area contributed by atoms with Gasteiger partial charge in [-0.05, 0) is 39.2 Å². The smallest absolute Gasteiger partial charge is 0.283 e. The highest BCUT2D eigenvalue weighted by Crippen LogP contribution is 2.32. The standard InChI is InChI=1S/C18H36N4O5S2Si/c1-7-13-28(23,24)17-19-16(20-21(17)15-27-12-14-30(4,5)6)29(25,26)22-11-9-8-10-18(22,2)3/h7-15H2,1-6H3. The molecular formula is C18H36N4O5S2Si. The van der Waals surface area contributed by atoms with E-state index in [0.29, 0.717) is 19.6 Å². The minimum absolute atomic E-state index is 0.130. The second kappa shape index (κ2) is 9.35. The van der Waals surface area contributed by atoms with Gasteiger partial charge in [-0.15, -0.1) is 5.10 Å². The first kappa shape index (κ1) is 25.4. The van der Waals surface area contributed by atoms with Crippen molar-refractivity contribution in [3.63, 3.8) is 0 Å². The number of sulfonamides is 1. The SMILES string of the molecule is CCCS(=O)(=O)c1nc(S(=O)(=O)N2CCCCC2(C)C)nn1COCC[Si](C)(C)C. The Morgan fingerprint density at radius 1 is 1.13 bits per heavy atom. The summed E-state index contributed by atoms with van der Waals surface area (Å²) in [7, 11) is -9.11. The zero-order chi connectivity index (χ0) is 22.8. The third-order valence-electron chi connectivity index (χ3n) is 5.18. The van der Waals surface area contributed by atoms with Crippen LogP contribution in [0.2, 0.25) is 25.7 Å². The number of sulfone groups is 1. The molecule has 1 aliphatic rings. The van der Waals surface area contributed by atoms with Crippen LogP contribution >= 0.6 is 0 Å². The Morgan fingerprint density at radius 2 is 1.80 bits per heavy atom. The molecular weight excluding hydrogens is 444 g/mol. The molecule has 1 fully saturated rings. The van der Waals surface area contributed by atoms with Crippen LogP contribution in [0.1, 0.15) is 46.5 Å². The van der Waals surface area contributed by atoms with Crippen molar-refractivity contribution in [1.29, 1.82) is 0 Å². The second-order valence-corrected chi connectivity index (χ2v) is 19.1. The van der Waals surface area contributed by atoms with Crippen LogP contribution in [-0.2, 0) is 31.3 Å². The van der Waals surface area contributed by atoms with Crippen molar-refractivity contribution in [2.24, 2.45) is 0 Å². The van der Waals surface area contributed by atoms with Gasteiger partial charge in [0.2, 0.25) is 15.0 Å². The summed E-state index contributed by atoms with van der Waals surface area (Å²) >= 11 is 0. The van der Waals surface area contributed by atoms with Crippen LogP contribution in [0.25, 0.3) is 0 Å². The lowest BCUT2D eigenvalue weighted by molar-refractivity contribution is 0.0707. The number of aromatic nitrogens is 3. The number of piperidine rings is 1. The quantitative estimate of drug-likeness (QED) is 0.374. The van der Waals surface area contributed by atoms with Gasteiger partial charge >= 0.3 is 0 Å². The zero-order valence-electron chi connectivity index (χ0n) is 19.0. The lowest BCUT2D eigenvalue weighted by Gasteiger charge is -2.40. The summed E-state index contributed by atoms with van der Waals surface area (Å²) in [5.74, 6) is -0.130. The summed E-state index contributed by atoms with van der Waals surface area (Å²) < 4.78 is 60.1. The van der Waals surface area contributed by atoms with Crippen molar-refractivity contribution in [1.82, 2.24) is 19.1 Å². The van der Waals surface area contributed by atoms with Crippen molar-refractivity contribution in [3.05, 3.63) is 0 Å². The van der Waals surface area contributed by atoms with Gasteiger partial charge in [0, 0.05) is 26.8 Å². The van der Waals surface area contributed by atoms with E-state index in [1.807, 2.05) is 13.8 Å². The fourth-order valence-electron chi connectivity index (χ4n) is 3.41. The molecule has 12 heteroatoms. The van der Waals surface area contributed by atoms with E-state index in [9.17, 15) is 16.8 Å². The van der Waals surface area contributed by atoms with E-state index in [0.717, 1.165) is 30.0 Å². The van der Waals surface area contributed by atoms with Gasteiger partial charge in [0.25, 0.3) is 15.2 Å². The summed E-state index contributed by atoms with van der Waals surface area (Å²) in [4.78, 5) is 4.00. The first-order valence-electron chi connectivity index (χ1n) is 10.5. The van der Waals surface area contributed by atoms with Gasteiger partial charge in [-0.3, -0.25) is 0 Å². The average Bonchev–Trinajstić information content (AvgIpc) is 3.03. The van der Waals surface area contributed by atoms with Gasteiger partial charge < -0.3 is 4.74 Å². The van der Waals surface area contributed by atoms with Crippen LogP contribution in [0.4, 0.5) is 0 Å². The molecule has 1 aromatic heterocycles. The topological polar surface area (TPSA) is 111 Å². The Labute approximate surface area is 182 Å². The van der Waals surface area contributed by atoms with Crippen molar-refractivity contribution in [2.75, 3.05) is 18.9 Å². The largest absolute Gasteiger partial charge is 0.359 e. The third-order valence-corrected chi connectivity index (χ3v) is 10.6. The molecule has 174 valence electrons. The van der Waals surface area contributed by atoms with Gasteiger partial charge in [-0.2, -0.15) is 9.29 Å². The minimum atomic E-state index is -4.02. The molecule has 0 amide bonds. The molecule has 2 rings (SSSR count). The maximum absolute atomic E-state index is 13.3. The number of rotatable bonds is 10. The van der Waals surface area contributed by atoms with Crippen LogP contribution in [-0.4, -0.2) is 68.4 Å².